The summed E-state index contributed by atoms with van der Waals surface area (Å²) in [5.74, 6) is 0.792. The highest BCUT2D eigenvalue weighted by Crippen LogP contribution is 1.95. The zero-order valence-corrected chi connectivity index (χ0v) is 7.30. The van der Waals surface area contributed by atoms with Crippen LogP contribution < -0.4 is 11.5 Å². The fourth-order valence-corrected chi connectivity index (χ4v) is 0.453. The van der Waals surface area contributed by atoms with Crippen molar-refractivity contribution in [2.24, 2.45) is 5.73 Å². The zero-order valence-electron chi connectivity index (χ0n) is 6.40. The number of para-hydroxylation sites is 1. The smallest absolute Gasteiger partial charge is 0.0313 e. The van der Waals surface area contributed by atoms with Crippen LogP contribution in [0.4, 0.5) is 5.69 Å². The van der Waals surface area contributed by atoms with Crippen LogP contribution in [0.3, 0.4) is 0 Å². The van der Waals surface area contributed by atoms with E-state index in [1.807, 2.05) is 30.3 Å². The molecule has 1 rings (SSSR count). The van der Waals surface area contributed by atoms with E-state index in [2.05, 4.69) is 12.6 Å². The van der Waals surface area contributed by atoms with Crippen molar-refractivity contribution in [1.82, 2.24) is 0 Å². The molecule has 1 aromatic rings. The Morgan fingerprint density at radius 1 is 1.18 bits per heavy atom. The molecule has 0 fully saturated rings. The maximum atomic E-state index is 5.36. The highest BCUT2D eigenvalue weighted by Gasteiger charge is 1.72. The van der Waals surface area contributed by atoms with Crippen molar-refractivity contribution >= 4 is 18.3 Å². The second-order valence-electron chi connectivity index (χ2n) is 1.92. The first-order chi connectivity index (χ1) is 5.31. The summed E-state index contributed by atoms with van der Waals surface area (Å²) < 4.78 is 0. The van der Waals surface area contributed by atoms with Gasteiger partial charge in [-0.2, -0.15) is 12.6 Å². The van der Waals surface area contributed by atoms with Crippen LogP contribution in [-0.4, -0.2) is 12.3 Å². The molecular weight excluding hydrogens is 156 g/mol. The molecule has 0 aliphatic rings. The van der Waals surface area contributed by atoms with Crippen LogP contribution in [0, 0.1) is 0 Å². The van der Waals surface area contributed by atoms with Crippen LogP contribution in [0.5, 0.6) is 0 Å². The molecule has 11 heavy (non-hydrogen) atoms. The van der Waals surface area contributed by atoms with E-state index in [9.17, 15) is 0 Å². The van der Waals surface area contributed by atoms with Gasteiger partial charge in [-0.15, -0.1) is 0 Å². The average molecular weight is 170 g/mol. The van der Waals surface area contributed by atoms with Gasteiger partial charge in [-0.1, -0.05) is 18.2 Å². The van der Waals surface area contributed by atoms with E-state index in [0.29, 0.717) is 6.54 Å². The minimum Gasteiger partial charge on any atom is -0.399 e. The Morgan fingerprint density at radius 2 is 1.64 bits per heavy atom. The number of hydrogen-bond acceptors (Lipinski definition) is 3. The minimum absolute atomic E-state index is 0.684. The maximum absolute atomic E-state index is 5.36. The summed E-state index contributed by atoms with van der Waals surface area (Å²) in [4.78, 5) is 0. The van der Waals surface area contributed by atoms with Crippen molar-refractivity contribution < 1.29 is 0 Å². The molecule has 1 aromatic carbocycles. The van der Waals surface area contributed by atoms with Gasteiger partial charge in [0.1, 0.15) is 0 Å². The third-order valence-corrected chi connectivity index (χ3v) is 1.19. The van der Waals surface area contributed by atoms with E-state index < -0.39 is 0 Å². The molecule has 62 valence electrons. The molecule has 0 atom stereocenters. The molecule has 0 aliphatic heterocycles. The van der Waals surface area contributed by atoms with Gasteiger partial charge in [-0.05, 0) is 12.1 Å². The Bertz CT molecular complexity index is 163. The highest BCUT2D eigenvalue weighted by atomic mass is 32.1. The van der Waals surface area contributed by atoms with E-state index in [4.69, 9.17) is 11.5 Å². The molecule has 0 radical (unpaired) electrons. The Labute approximate surface area is 73.0 Å². The molecule has 0 amide bonds. The molecule has 4 N–H and O–H groups in total. The van der Waals surface area contributed by atoms with E-state index in [-0.39, 0.29) is 0 Å². The normalized spacial score (nSPS) is 8.18. The van der Waals surface area contributed by atoms with Crippen molar-refractivity contribution in [3.8, 4) is 0 Å². The molecule has 3 heteroatoms. The van der Waals surface area contributed by atoms with Gasteiger partial charge in [0.15, 0.2) is 0 Å². The van der Waals surface area contributed by atoms with Crippen LogP contribution in [-0.2, 0) is 0 Å². The molecule has 0 unspecified atom stereocenters. The quantitative estimate of drug-likeness (QED) is 0.437. The number of nitrogens with two attached hydrogens (primary N) is 2. The summed E-state index contributed by atoms with van der Waals surface area (Å²) in [6.45, 7) is 0.684. The van der Waals surface area contributed by atoms with Gasteiger partial charge in [-0.25, -0.2) is 0 Å². The van der Waals surface area contributed by atoms with E-state index in [1.54, 1.807) is 0 Å². The molecular formula is C8H14N2S. The van der Waals surface area contributed by atoms with Crippen molar-refractivity contribution in [2.45, 2.75) is 0 Å². The van der Waals surface area contributed by atoms with Crippen molar-refractivity contribution in [1.29, 1.82) is 0 Å². The molecule has 0 heterocycles. The van der Waals surface area contributed by atoms with Crippen LogP contribution >= 0.6 is 12.6 Å². The summed E-state index contributed by atoms with van der Waals surface area (Å²) in [5, 5.41) is 0. The number of anilines is 1. The Kier molecular flexibility index (Phi) is 6.98. The molecule has 0 spiro atoms. The number of nitrogen functional groups attached to an aromatic ring is 1. The monoisotopic (exact) mass is 170 g/mol. The molecule has 0 bridgehead atoms. The molecule has 0 saturated carbocycles. The fourth-order valence-electron chi connectivity index (χ4n) is 0.453. The van der Waals surface area contributed by atoms with Gasteiger partial charge in [0.25, 0.3) is 0 Å². The predicted octanol–water partition coefficient (Wildman–Crippen LogP) is 1.14. The third kappa shape index (κ3) is 7.22. The second-order valence-corrected chi connectivity index (χ2v) is 2.37. The lowest BCUT2D eigenvalue weighted by Crippen LogP contribution is -1.97. The van der Waals surface area contributed by atoms with Crippen molar-refractivity contribution in [3.63, 3.8) is 0 Å². The molecule has 0 aromatic heterocycles. The zero-order chi connectivity index (χ0) is 8.53. The van der Waals surface area contributed by atoms with Crippen LogP contribution in [0.25, 0.3) is 0 Å². The SMILES string of the molecule is NCCS.Nc1ccccc1. The lowest BCUT2D eigenvalue weighted by atomic mass is 10.3. The number of benzene rings is 1. The summed E-state index contributed by atoms with van der Waals surface area (Å²) in [5.41, 5.74) is 11.1. The first-order valence-electron chi connectivity index (χ1n) is 3.42. The first kappa shape index (κ1) is 10.3. The molecule has 0 aliphatic carbocycles. The van der Waals surface area contributed by atoms with Crippen molar-refractivity contribution in [3.05, 3.63) is 30.3 Å². The third-order valence-electron chi connectivity index (χ3n) is 0.929. The topological polar surface area (TPSA) is 52.0 Å². The summed E-state index contributed by atoms with van der Waals surface area (Å²) in [6.07, 6.45) is 0. The summed E-state index contributed by atoms with van der Waals surface area (Å²) >= 11 is 3.80. The number of thiol groups is 1. The first-order valence-corrected chi connectivity index (χ1v) is 4.06. The largest absolute Gasteiger partial charge is 0.399 e. The number of hydrogen-bond donors (Lipinski definition) is 3. The summed E-state index contributed by atoms with van der Waals surface area (Å²) in [7, 11) is 0. The predicted molar refractivity (Wildman–Crippen MR) is 53.8 cm³/mol. The Morgan fingerprint density at radius 3 is 1.82 bits per heavy atom. The van der Waals surface area contributed by atoms with Gasteiger partial charge in [-0.3, -0.25) is 0 Å². The molecule has 0 saturated heterocycles. The Hall–Kier alpha value is -0.670. The molecule has 2 nitrogen and oxygen atoms in total. The van der Waals surface area contributed by atoms with E-state index in [1.165, 1.54) is 0 Å². The van der Waals surface area contributed by atoms with Crippen molar-refractivity contribution in [2.75, 3.05) is 18.0 Å². The van der Waals surface area contributed by atoms with Gasteiger partial charge < -0.3 is 11.5 Å². The average Bonchev–Trinajstić information content (AvgIpc) is 2.07. The van der Waals surface area contributed by atoms with Gasteiger partial charge in [0.05, 0.1) is 0 Å². The van der Waals surface area contributed by atoms with E-state index >= 15 is 0 Å². The van der Waals surface area contributed by atoms with Gasteiger partial charge in [0.2, 0.25) is 0 Å². The lowest BCUT2D eigenvalue weighted by Gasteiger charge is -1.83. The Balaban J connectivity index is 0.000000218. The highest BCUT2D eigenvalue weighted by molar-refractivity contribution is 7.80. The fraction of sp³-hybridized carbons (Fsp3) is 0.250. The van der Waals surface area contributed by atoms with Crippen LogP contribution in [0.15, 0.2) is 30.3 Å². The number of rotatable bonds is 1. The second kappa shape index (κ2) is 7.44. The van der Waals surface area contributed by atoms with Gasteiger partial charge in [0, 0.05) is 18.0 Å². The maximum Gasteiger partial charge on any atom is 0.0313 e. The van der Waals surface area contributed by atoms with E-state index in [0.717, 1.165) is 11.4 Å². The van der Waals surface area contributed by atoms with Crippen LogP contribution in [0.2, 0.25) is 0 Å². The summed E-state index contributed by atoms with van der Waals surface area (Å²) in [6, 6.07) is 9.49. The van der Waals surface area contributed by atoms with Gasteiger partial charge >= 0.3 is 0 Å². The lowest BCUT2D eigenvalue weighted by molar-refractivity contribution is 1.16. The standard InChI is InChI=1S/C6H7N.C2H7NS/c7-6-4-2-1-3-5-6;3-1-2-4/h1-5H,7H2;4H,1-3H2. The van der Waals surface area contributed by atoms with Crippen LogP contribution in [0.1, 0.15) is 0 Å². The minimum atomic E-state index is 0.684.